The van der Waals surface area contributed by atoms with E-state index in [2.05, 4.69) is 60.3 Å². The number of piperazine rings is 1. The number of aromatic nitrogens is 4. The molecular weight excluding hydrogens is 556 g/mol. The summed E-state index contributed by atoms with van der Waals surface area (Å²) >= 11 is 0. The number of aryl methyl sites for hydroxylation is 1. The number of nitrogens with one attached hydrogen (secondary N) is 2. The fourth-order valence-electron chi connectivity index (χ4n) is 6.20. The molecule has 2 aliphatic heterocycles. The lowest BCUT2D eigenvalue weighted by molar-refractivity contribution is -0.111. The highest BCUT2D eigenvalue weighted by atomic mass is 16.5. The highest BCUT2D eigenvalue weighted by Crippen LogP contribution is 2.39. The summed E-state index contributed by atoms with van der Waals surface area (Å²) in [6, 6.07) is 6.41. The number of anilines is 4. The van der Waals surface area contributed by atoms with Gasteiger partial charge in [-0.25, -0.2) is 9.97 Å². The number of hydrogen-bond donors (Lipinski definition) is 2. The Bertz CT molecular complexity index is 1670. The molecule has 6 rings (SSSR count). The molecule has 1 aliphatic carbocycles. The molecule has 230 valence electrons. The molecule has 2 saturated heterocycles. The number of methoxy groups -OCH3 is 1. The van der Waals surface area contributed by atoms with E-state index in [1.807, 2.05) is 36.1 Å². The van der Waals surface area contributed by atoms with E-state index in [1.54, 1.807) is 13.4 Å². The third kappa shape index (κ3) is 6.53. The van der Waals surface area contributed by atoms with Crippen LogP contribution in [-0.4, -0.2) is 83.1 Å². The van der Waals surface area contributed by atoms with Crippen molar-refractivity contribution in [3.63, 3.8) is 0 Å². The highest BCUT2D eigenvalue weighted by Gasteiger charge is 2.27. The van der Waals surface area contributed by atoms with Crippen molar-refractivity contribution >= 4 is 46.5 Å². The Labute approximate surface area is 257 Å². The Balaban J connectivity index is 1.24. The van der Waals surface area contributed by atoms with Gasteiger partial charge in [0.25, 0.3) is 0 Å². The Morgan fingerprint density at radius 1 is 1.07 bits per heavy atom. The largest absolute Gasteiger partial charge is 0.494 e. The van der Waals surface area contributed by atoms with Crippen molar-refractivity contribution < 1.29 is 14.3 Å². The molecule has 11 nitrogen and oxygen atoms in total. The van der Waals surface area contributed by atoms with Gasteiger partial charge in [-0.1, -0.05) is 24.8 Å². The van der Waals surface area contributed by atoms with E-state index in [1.165, 1.54) is 6.08 Å². The van der Waals surface area contributed by atoms with Crippen LogP contribution < -0.4 is 30.8 Å². The minimum atomic E-state index is -0.270. The quantitative estimate of drug-likeness (QED) is 0.380. The van der Waals surface area contributed by atoms with E-state index in [-0.39, 0.29) is 5.91 Å². The molecule has 0 atom stereocenters. The van der Waals surface area contributed by atoms with E-state index in [0.717, 1.165) is 92.6 Å². The first-order valence-corrected chi connectivity index (χ1v) is 15.2. The number of allylic oxidation sites excluding steroid dienone is 2. The van der Waals surface area contributed by atoms with Crippen LogP contribution in [0, 0.1) is 0 Å². The third-order valence-electron chi connectivity index (χ3n) is 8.61. The van der Waals surface area contributed by atoms with Crippen LogP contribution in [0.4, 0.5) is 22.9 Å². The predicted octanol–water partition coefficient (Wildman–Crippen LogP) is 2.83. The summed E-state index contributed by atoms with van der Waals surface area (Å²) in [5.74, 6) is 1.01. The minimum Gasteiger partial charge on any atom is -0.494 e. The smallest absolute Gasteiger partial charge is 0.247 e. The average Bonchev–Trinajstić information content (AvgIpc) is 3.39. The molecule has 1 aromatic carbocycles. The predicted molar refractivity (Wildman–Crippen MR) is 173 cm³/mol. The summed E-state index contributed by atoms with van der Waals surface area (Å²) in [6.07, 6.45) is 15.0. The summed E-state index contributed by atoms with van der Waals surface area (Å²) < 4.78 is 13.3. The normalized spacial score (nSPS) is 20.4. The molecule has 0 unspecified atom stereocenters. The number of hydrogen-bond acceptors (Lipinski definition) is 9. The summed E-state index contributed by atoms with van der Waals surface area (Å²) in [6.45, 7) is 8.94. The third-order valence-corrected chi connectivity index (χ3v) is 8.61. The molecule has 3 aromatic rings. The first-order chi connectivity index (χ1) is 21.5. The van der Waals surface area contributed by atoms with Gasteiger partial charge in [0.1, 0.15) is 17.9 Å². The van der Waals surface area contributed by atoms with Crippen molar-refractivity contribution in [1.82, 2.24) is 24.6 Å². The Hall–Kier alpha value is -4.48. The second-order valence-corrected chi connectivity index (χ2v) is 11.2. The van der Waals surface area contributed by atoms with E-state index in [4.69, 9.17) is 9.47 Å². The minimum absolute atomic E-state index is 0.270. The summed E-state index contributed by atoms with van der Waals surface area (Å²) in [5, 5.41) is 13.1. The SMILES string of the molecule is C=CC(=O)Nc1cc(Nc2cc(/C3=C/C/C=c4/cnn(C)/c4=C/C3)ncn2)c(OC)cc1N1CCN(C2CCOCC2)CC1. The lowest BCUT2D eigenvalue weighted by atomic mass is 10.0. The lowest BCUT2D eigenvalue weighted by Gasteiger charge is -2.42. The maximum Gasteiger partial charge on any atom is 0.247 e. The number of benzene rings is 1. The van der Waals surface area contributed by atoms with Crippen molar-refractivity contribution in [2.24, 2.45) is 7.05 Å². The van der Waals surface area contributed by atoms with Crippen LogP contribution in [0.15, 0.2) is 49.5 Å². The van der Waals surface area contributed by atoms with Gasteiger partial charge in [0.2, 0.25) is 5.91 Å². The average molecular weight is 597 g/mol. The van der Waals surface area contributed by atoms with Gasteiger partial charge >= 0.3 is 0 Å². The van der Waals surface area contributed by atoms with E-state index in [9.17, 15) is 4.79 Å². The topological polar surface area (TPSA) is 110 Å². The van der Waals surface area contributed by atoms with Crippen LogP contribution in [0.5, 0.6) is 5.75 Å². The lowest BCUT2D eigenvalue weighted by Crippen LogP contribution is -2.51. The molecule has 0 spiro atoms. The summed E-state index contributed by atoms with van der Waals surface area (Å²) in [5.41, 5.74) is 4.24. The second-order valence-electron chi connectivity index (χ2n) is 11.2. The van der Waals surface area contributed by atoms with E-state index < -0.39 is 0 Å². The highest BCUT2D eigenvalue weighted by molar-refractivity contribution is 6.02. The maximum atomic E-state index is 12.5. The number of nitrogens with zero attached hydrogens (tertiary/aromatic N) is 6. The van der Waals surface area contributed by atoms with Crippen LogP contribution in [0.25, 0.3) is 17.7 Å². The van der Waals surface area contributed by atoms with Gasteiger partial charge in [0.15, 0.2) is 0 Å². The molecule has 0 radical (unpaired) electrons. The zero-order valence-corrected chi connectivity index (χ0v) is 25.5. The van der Waals surface area contributed by atoms with Crippen LogP contribution in [-0.2, 0) is 16.6 Å². The zero-order chi connectivity index (χ0) is 30.5. The first-order valence-electron chi connectivity index (χ1n) is 15.2. The van der Waals surface area contributed by atoms with Crippen molar-refractivity contribution in [2.45, 2.75) is 31.7 Å². The number of ether oxygens (including phenoxy) is 2. The molecule has 1 amide bonds. The maximum absolute atomic E-state index is 12.5. The molecule has 3 aliphatic rings. The molecule has 2 N–H and O–H groups in total. The van der Waals surface area contributed by atoms with Gasteiger partial charge in [-0.05, 0) is 43.4 Å². The Kier molecular flexibility index (Phi) is 9.04. The monoisotopic (exact) mass is 596 g/mol. The molecule has 44 heavy (non-hydrogen) atoms. The molecule has 2 aromatic heterocycles. The standard InChI is InChI=1S/C33H40N8O3/c1-4-33(42)38-27-18-28(31(43-3)20-30(27)41-14-12-40(13-15-41)25-10-16-44-17-11-25)37-32-19-26(34-22-35-32)23-6-5-7-24-21-36-39(2)29(24)9-8-23/h4,6-7,9,18-22,25H,1,5,8,10-17H2,2-3H3,(H,38,42)(H,34,35,37)/b23-6+,24-7-,29-9+. The van der Waals surface area contributed by atoms with Crippen molar-refractivity contribution in [2.75, 3.05) is 62.0 Å². The van der Waals surface area contributed by atoms with Gasteiger partial charge in [-0.15, -0.1) is 0 Å². The Morgan fingerprint density at radius 2 is 1.89 bits per heavy atom. The molecule has 0 bridgehead atoms. The number of amides is 1. The van der Waals surface area contributed by atoms with Gasteiger partial charge in [-0.2, -0.15) is 5.10 Å². The number of carbonyl (C=O) groups excluding carboxylic acids is 1. The van der Waals surface area contributed by atoms with Crippen LogP contribution in [0.3, 0.4) is 0 Å². The van der Waals surface area contributed by atoms with E-state index in [0.29, 0.717) is 29.0 Å². The fraction of sp³-hybridized carbons (Fsp3) is 0.394. The molecular formula is C33H40N8O3. The van der Waals surface area contributed by atoms with Gasteiger partial charge in [0, 0.05) is 69.8 Å². The number of fused-ring (bicyclic) bond motifs is 1. The van der Waals surface area contributed by atoms with Crippen LogP contribution in [0.1, 0.15) is 31.4 Å². The van der Waals surface area contributed by atoms with Gasteiger partial charge in [0.05, 0.1) is 41.4 Å². The second kappa shape index (κ2) is 13.4. The van der Waals surface area contributed by atoms with E-state index >= 15 is 0 Å². The summed E-state index contributed by atoms with van der Waals surface area (Å²) in [7, 11) is 3.61. The van der Waals surface area contributed by atoms with Gasteiger partial charge < -0.3 is 25.0 Å². The Morgan fingerprint density at radius 3 is 2.66 bits per heavy atom. The molecule has 2 fully saturated rings. The van der Waals surface area contributed by atoms with Crippen molar-refractivity contribution in [1.29, 1.82) is 0 Å². The molecule has 0 saturated carbocycles. The number of carbonyl (C=O) groups is 1. The fourth-order valence-corrected chi connectivity index (χ4v) is 6.20. The van der Waals surface area contributed by atoms with Crippen LogP contribution in [0.2, 0.25) is 0 Å². The molecule has 4 heterocycles. The first kappa shape index (κ1) is 29.6. The van der Waals surface area contributed by atoms with Crippen molar-refractivity contribution in [3.8, 4) is 5.75 Å². The van der Waals surface area contributed by atoms with Gasteiger partial charge in [-0.3, -0.25) is 14.4 Å². The summed E-state index contributed by atoms with van der Waals surface area (Å²) in [4.78, 5) is 26.4. The molecule has 11 heteroatoms. The zero-order valence-electron chi connectivity index (χ0n) is 25.5. The number of rotatable bonds is 8. The van der Waals surface area contributed by atoms with Crippen molar-refractivity contribution in [3.05, 3.63) is 65.7 Å². The van der Waals surface area contributed by atoms with Crippen LogP contribution >= 0.6 is 0 Å².